The minimum atomic E-state index is -2.47. The standard InChI is InChI=1S/C13H25N2O5Si.ClH/c1-16-15(17-2)13-7-10-14(11-8-13)9-6-12-21(18-3,19-4)20-5;/h7-8,10-11H,6,9,12H2,1-5H3;1H/q+1;/p-1. The number of aryl methyl sites for hydroxylation is 1. The highest BCUT2D eigenvalue weighted by molar-refractivity contribution is 6.60. The van der Waals surface area contributed by atoms with Crippen molar-refractivity contribution >= 4 is 14.5 Å². The first-order valence-electron chi connectivity index (χ1n) is 6.67. The molecule has 1 heterocycles. The van der Waals surface area contributed by atoms with Gasteiger partial charge >= 0.3 is 8.80 Å². The first-order chi connectivity index (χ1) is 10.1. The van der Waals surface area contributed by atoms with E-state index in [2.05, 4.69) is 4.57 Å². The topological polar surface area (TPSA) is 53.3 Å². The molecule has 0 aromatic carbocycles. The molecule has 0 bridgehead atoms. The second kappa shape index (κ2) is 10.9. The summed E-state index contributed by atoms with van der Waals surface area (Å²) in [5, 5.41) is 1.34. The van der Waals surface area contributed by atoms with E-state index < -0.39 is 8.80 Å². The third-order valence-electron chi connectivity index (χ3n) is 3.25. The molecule has 1 aromatic heterocycles. The molecular weight excluding hydrogens is 328 g/mol. The summed E-state index contributed by atoms with van der Waals surface area (Å²) >= 11 is 0. The van der Waals surface area contributed by atoms with Gasteiger partial charge in [0, 0.05) is 45.9 Å². The lowest BCUT2D eigenvalue weighted by Crippen LogP contribution is -3.00. The van der Waals surface area contributed by atoms with Crippen molar-refractivity contribution in [3.63, 3.8) is 0 Å². The average Bonchev–Trinajstić information content (AvgIpc) is 2.54. The predicted octanol–water partition coefficient (Wildman–Crippen LogP) is -1.82. The molecule has 0 fully saturated rings. The van der Waals surface area contributed by atoms with E-state index in [1.807, 2.05) is 24.5 Å². The fraction of sp³-hybridized carbons (Fsp3) is 0.615. The number of aromatic nitrogens is 1. The molecular formula is C13H25ClN2O5Si. The number of nitrogens with zero attached hydrogens (tertiary/aromatic N) is 2. The van der Waals surface area contributed by atoms with Gasteiger partial charge in [-0.15, -0.1) is 5.23 Å². The smallest absolute Gasteiger partial charge is 0.500 e. The first-order valence-corrected chi connectivity index (χ1v) is 8.60. The Morgan fingerprint density at radius 1 is 0.955 bits per heavy atom. The Morgan fingerprint density at radius 3 is 1.86 bits per heavy atom. The van der Waals surface area contributed by atoms with Gasteiger partial charge in [0.25, 0.3) is 0 Å². The van der Waals surface area contributed by atoms with E-state index in [4.69, 9.17) is 23.0 Å². The van der Waals surface area contributed by atoms with E-state index in [-0.39, 0.29) is 12.4 Å². The largest absolute Gasteiger partial charge is 1.00 e. The molecule has 0 aliphatic heterocycles. The molecule has 9 heteroatoms. The van der Waals surface area contributed by atoms with Crippen LogP contribution in [0.25, 0.3) is 0 Å². The summed E-state index contributed by atoms with van der Waals surface area (Å²) in [7, 11) is 5.52. The number of hydrogen-bond donors (Lipinski definition) is 0. The van der Waals surface area contributed by atoms with Crippen LogP contribution in [-0.4, -0.2) is 44.4 Å². The van der Waals surface area contributed by atoms with E-state index in [9.17, 15) is 0 Å². The molecule has 7 nitrogen and oxygen atoms in total. The van der Waals surface area contributed by atoms with Crippen LogP contribution in [0.15, 0.2) is 24.5 Å². The summed E-state index contributed by atoms with van der Waals surface area (Å²) < 4.78 is 18.3. The highest BCUT2D eigenvalue weighted by Gasteiger charge is 2.37. The van der Waals surface area contributed by atoms with Crippen molar-refractivity contribution in [1.82, 2.24) is 0 Å². The van der Waals surface area contributed by atoms with Crippen LogP contribution in [0.4, 0.5) is 5.69 Å². The Morgan fingerprint density at radius 2 is 1.45 bits per heavy atom. The van der Waals surface area contributed by atoms with Crippen molar-refractivity contribution < 1.29 is 39.9 Å². The number of halogens is 1. The average molecular weight is 353 g/mol. The Balaban J connectivity index is 0.00000441. The summed E-state index contributed by atoms with van der Waals surface area (Å²) in [5.41, 5.74) is 0.825. The molecule has 0 radical (unpaired) electrons. The molecule has 0 N–H and O–H groups in total. The predicted molar refractivity (Wildman–Crippen MR) is 79.3 cm³/mol. The number of rotatable bonds is 10. The Bertz CT molecular complexity index is 394. The molecule has 0 amide bonds. The highest BCUT2D eigenvalue weighted by atomic mass is 35.5. The van der Waals surface area contributed by atoms with Crippen molar-refractivity contribution in [3.05, 3.63) is 24.5 Å². The zero-order valence-electron chi connectivity index (χ0n) is 13.7. The van der Waals surface area contributed by atoms with Gasteiger partial charge in [-0.05, 0) is 0 Å². The van der Waals surface area contributed by atoms with Gasteiger partial charge < -0.3 is 25.7 Å². The van der Waals surface area contributed by atoms with Crippen LogP contribution in [0.3, 0.4) is 0 Å². The molecule has 22 heavy (non-hydrogen) atoms. The Kier molecular flexibility index (Phi) is 10.5. The molecule has 1 rings (SSSR count). The van der Waals surface area contributed by atoms with Gasteiger partial charge in [0.05, 0.1) is 14.2 Å². The normalized spacial score (nSPS) is 11.1. The van der Waals surface area contributed by atoms with Gasteiger partial charge in [0.15, 0.2) is 12.4 Å². The fourth-order valence-electron chi connectivity index (χ4n) is 2.04. The molecule has 0 saturated carbocycles. The molecule has 1 aromatic rings. The van der Waals surface area contributed by atoms with Crippen LogP contribution in [0.1, 0.15) is 6.42 Å². The number of pyridine rings is 1. The number of hydrogen-bond acceptors (Lipinski definition) is 6. The van der Waals surface area contributed by atoms with Crippen molar-refractivity contribution in [2.45, 2.75) is 19.0 Å². The second-order valence-electron chi connectivity index (χ2n) is 4.32. The van der Waals surface area contributed by atoms with Gasteiger partial charge in [-0.2, -0.15) is 0 Å². The molecule has 0 atom stereocenters. The van der Waals surface area contributed by atoms with E-state index in [1.54, 1.807) is 35.5 Å². The van der Waals surface area contributed by atoms with Crippen LogP contribution in [0.2, 0.25) is 6.04 Å². The third-order valence-corrected chi connectivity index (χ3v) is 6.08. The molecule has 0 saturated heterocycles. The summed E-state index contributed by atoms with van der Waals surface area (Å²) in [6, 6.07) is 4.61. The summed E-state index contributed by atoms with van der Waals surface area (Å²) in [6.07, 6.45) is 4.84. The molecule has 128 valence electrons. The molecule has 0 spiro atoms. The summed E-state index contributed by atoms with van der Waals surface area (Å²) in [4.78, 5) is 10.1. The lowest BCUT2D eigenvalue weighted by Gasteiger charge is -2.23. The van der Waals surface area contributed by atoms with E-state index in [0.717, 1.165) is 24.7 Å². The maximum absolute atomic E-state index is 5.40. The SMILES string of the molecule is CON(OC)c1cc[n+](CCC[Si](OC)(OC)OC)cc1.[Cl-]. The minimum absolute atomic E-state index is 0. The van der Waals surface area contributed by atoms with E-state index >= 15 is 0 Å². The lowest BCUT2D eigenvalue weighted by molar-refractivity contribution is -0.697. The molecule has 0 aliphatic carbocycles. The van der Waals surface area contributed by atoms with E-state index in [1.165, 1.54) is 5.23 Å². The van der Waals surface area contributed by atoms with Crippen LogP contribution >= 0.6 is 0 Å². The maximum Gasteiger partial charge on any atom is 0.500 e. The van der Waals surface area contributed by atoms with Crippen molar-refractivity contribution in [2.75, 3.05) is 40.8 Å². The van der Waals surface area contributed by atoms with Crippen molar-refractivity contribution in [3.8, 4) is 0 Å². The van der Waals surface area contributed by atoms with Crippen molar-refractivity contribution in [2.24, 2.45) is 0 Å². The molecule has 0 aliphatic rings. The van der Waals surface area contributed by atoms with Gasteiger partial charge in [-0.1, -0.05) is 0 Å². The fourth-order valence-corrected chi connectivity index (χ4v) is 3.74. The zero-order chi connectivity index (χ0) is 15.7. The first kappa shape index (κ1) is 21.3. The van der Waals surface area contributed by atoms with Crippen LogP contribution < -0.4 is 22.2 Å². The maximum atomic E-state index is 5.40. The zero-order valence-corrected chi connectivity index (χ0v) is 15.5. The molecule has 0 unspecified atom stereocenters. The Labute approximate surface area is 139 Å². The summed E-state index contributed by atoms with van der Waals surface area (Å²) in [5.74, 6) is 0. The van der Waals surface area contributed by atoms with Crippen LogP contribution in [0.5, 0.6) is 0 Å². The van der Waals surface area contributed by atoms with Crippen LogP contribution in [-0.2, 0) is 29.5 Å². The lowest BCUT2D eigenvalue weighted by atomic mass is 10.4. The van der Waals surface area contributed by atoms with E-state index in [0.29, 0.717) is 0 Å². The second-order valence-corrected chi connectivity index (χ2v) is 7.41. The van der Waals surface area contributed by atoms with Gasteiger partial charge in [0.1, 0.15) is 12.2 Å². The van der Waals surface area contributed by atoms with Gasteiger partial charge in [0.2, 0.25) is 0 Å². The highest BCUT2D eigenvalue weighted by Crippen LogP contribution is 2.15. The Hall–Kier alpha value is -0.743. The summed E-state index contributed by atoms with van der Waals surface area (Å²) in [6.45, 7) is 0.852. The third kappa shape index (κ3) is 5.80. The monoisotopic (exact) mass is 352 g/mol. The van der Waals surface area contributed by atoms with Crippen LogP contribution in [0, 0.1) is 0 Å². The number of anilines is 1. The van der Waals surface area contributed by atoms with Crippen molar-refractivity contribution in [1.29, 1.82) is 0 Å². The minimum Gasteiger partial charge on any atom is -1.00 e. The van der Waals surface area contributed by atoms with Gasteiger partial charge in [-0.3, -0.25) is 9.68 Å². The van der Waals surface area contributed by atoms with Gasteiger partial charge in [-0.25, -0.2) is 4.57 Å². The quantitative estimate of drug-likeness (QED) is 0.281.